The first-order chi connectivity index (χ1) is 20.9. The van der Waals surface area contributed by atoms with E-state index in [4.69, 9.17) is 14.2 Å². The van der Waals surface area contributed by atoms with Gasteiger partial charge in [0.1, 0.15) is 23.3 Å². The van der Waals surface area contributed by atoms with E-state index in [0.29, 0.717) is 40.5 Å². The monoisotopic (exact) mass is 587 g/mol. The van der Waals surface area contributed by atoms with Gasteiger partial charge in [0.15, 0.2) is 0 Å². The van der Waals surface area contributed by atoms with E-state index in [1.54, 1.807) is 72.8 Å². The van der Waals surface area contributed by atoms with Gasteiger partial charge in [0, 0.05) is 12.0 Å². The third-order valence-corrected chi connectivity index (χ3v) is 7.51. The third-order valence-electron chi connectivity index (χ3n) is 7.51. The molecule has 2 N–H and O–H groups in total. The molecule has 8 heteroatoms. The average molecular weight is 588 g/mol. The van der Waals surface area contributed by atoms with Crippen LogP contribution < -0.4 is 19.5 Å². The predicted octanol–water partition coefficient (Wildman–Crippen LogP) is 7.00. The maximum atomic E-state index is 12.8. The van der Waals surface area contributed by atoms with Crippen LogP contribution in [-0.2, 0) is 11.2 Å². The number of carboxylic acids is 1. The first kappa shape index (κ1) is 31.6. The van der Waals surface area contributed by atoms with E-state index < -0.39 is 23.9 Å². The van der Waals surface area contributed by atoms with E-state index in [-0.39, 0.29) is 12.5 Å². The van der Waals surface area contributed by atoms with Gasteiger partial charge in [-0.15, -0.1) is 0 Å². The van der Waals surface area contributed by atoms with Crippen LogP contribution in [0.1, 0.15) is 91.0 Å². The minimum Gasteiger partial charge on any atom is -0.494 e. The second kappa shape index (κ2) is 16.3. The normalized spacial score (nSPS) is 13.7. The number of hydrogen-bond acceptors (Lipinski definition) is 6. The summed E-state index contributed by atoms with van der Waals surface area (Å²) in [6, 6.07) is 19.0. The number of benzene rings is 3. The molecule has 0 bridgehead atoms. The molecule has 3 aromatic carbocycles. The maximum Gasteiger partial charge on any atom is 0.343 e. The van der Waals surface area contributed by atoms with Gasteiger partial charge in [-0.05, 0) is 98.3 Å². The van der Waals surface area contributed by atoms with Gasteiger partial charge in [-0.3, -0.25) is 4.79 Å². The maximum absolute atomic E-state index is 12.8. The summed E-state index contributed by atoms with van der Waals surface area (Å²) in [7, 11) is 0. The lowest BCUT2D eigenvalue weighted by Gasteiger charge is -2.16. The first-order valence-electron chi connectivity index (χ1n) is 15.3. The van der Waals surface area contributed by atoms with E-state index in [0.717, 1.165) is 25.7 Å². The van der Waals surface area contributed by atoms with Crippen LogP contribution in [0.15, 0.2) is 72.8 Å². The summed E-state index contributed by atoms with van der Waals surface area (Å²) in [4.78, 5) is 37.3. The summed E-state index contributed by atoms with van der Waals surface area (Å²) in [6.45, 7) is 2.84. The van der Waals surface area contributed by atoms with E-state index in [9.17, 15) is 19.5 Å². The van der Waals surface area contributed by atoms with Crippen LogP contribution in [0.2, 0.25) is 0 Å². The summed E-state index contributed by atoms with van der Waals surface area (Å²) in [5.41, 5.74) is 1.42. The summed E-state index contributed by atoms with van der Waals surface area (Å²) in [6.07, 6.45) is 10.5. The van der Waals surface area contributed by atoms with Gasteiger partial charge < -0.3 is 24.6 Å². The molecule has 0 radical (unpaired) electrons. The number of rotatable bonds is 16. The Morgan fingerprint density at radius 3 is 2.05 bits per heavy atom. The lowest BCUT2D eigenvalue weighted by molar-refractivity contribution is -0.139. The Kier molecular flexibility index (Phi) is 12.0. The molecule has 0 aromatic heterocycles. The smallest absolute Gasteiger partial charge is 0.343 e. The van der Waals surface area contributed by atoms with Crippen molar-refractivity contribution in [3.05, 3.63) is 89.5 Å². The number of unbranched alkanes of at least 4 members (excludes halogenated alkanes) is 4. The Morgan fingerprint density at radius 1 is 0.791 bits per heavy atom. The molecule has 1 aliphatic carbocycles. The topological polar surface area (TPSA) is 111 Å². The quantitative estimate of drug-likeness (QED) is 0.105. The zero-order valence-corrected chi connectivity index (χ0v) is 24.8. The number of esters is 1. The SMILES string of the molecule is CCCCCCCOc1ccc(C(=O)Oc2ccc(CC(NC(=O)c3ccc(OC4CCCC4)cc3)C(=O)O)cc2)cc1. The summed E-state index contributed by atoms with van der Waals surface area (Å²) in [5, 5.41) is 12.3. The number of carbonyl (C=O) groups is 3. The second-order valence-electron chi connectivity index (χ2n) is 10.9. The molecule has 0 spiro atoms. The number of hydrogen-bond donors (Lipinski definition) is 2. The molecule has 1 aliphatic rings. The molecule has 1 amide bonds. The van der Waals surface area contributed by atoms with Gasteiger partial charge in [0.2, 0.25) is 0 Å². The van der Waals surface area contributed by atoms with Crippen molar-refractivity contribution in [1.29, 1.82) is 0 Å². The predicted molar refractivity (Wildman–Crippen MR) is 164 cm³/mol. The van der Waals surface area contributed by atoms with Crippen LogP contribution in [-0.4, -0.2) is 41.7 Å². The van der Waals surface area contributed by atoms with Gasteiger partial charge in [0.05, 0.1) is 18.3 Å². The van der Waals surface area contributed by atoms with Crippen LogP contribution in [0, 0.1) is 0 Å². The standard InChI is InChI=1S/C35H41NO7/c1-2-3-4-5-8-23-41-28-19-15-27(16-20-28)35(40)43-31-17-11-25(12-18-31)24-32(34(38)39)36-33(37)26-13-21-30(22-14-26)42-29-9-6-7-10-29/h11-22,29,32H,2-10,23-24H2,1H3,(H,36,37)(H,38,39). The Labute approximate surface area is 253 Å². The van der Waals surface area contributed by atoms with E-state index in [1.807, 2.05) is 0 Å². The van der Waals surface area contributed by atoms with Crippen LogP contribution in [0.25, 0.3) is 0 Å². The highest BCUT2D eigenvalue weighted by Crippen LogP contribution is 2.24. The molecule has 3 aromatic rings. The summed E-state index contributed by atoms with van der Waals surface area (Å²) < 4.78 is 17.2. The average Bonchev–Trinajstić information content (AvgIpc) is 3.53. The highest BCUT2D eigenvalue weighted by atomic mass is 16.5. The molecule has 0 saturated heterocycles. The Balaban J connectivity index is 1.24. The van der Waals surface area contributed by atoms with Gasteiger partial charge in [-0.2, -0.15) is 0 Å². The second-order valence-corrected chi connectivity index (χ2v) is 10.9. The third kappa shape index (κ3) is 10.2. The molecule has 0 heterocycles. The zero-order valence-electron chi connectivity index (χ0n) is 24.8. The van der Waals surface area contributed by atoms with Crippen molar-refractivity contribution in [1.82, 2.24) is 5.32 Å². The van der Waals surface area contributed by atoms with Crippen molar-refractivity contribution in [3.8, 4) is 17.2 Å². The summed E-state index contributed by atoms with van der Waals surface area (Å²) >= 11 is 0. The number of carbonyl (C=O) groups excluding carboxylic acids is 2. The van der Waals surface area contributed by atoms with Crippen molar-refractivity contribution in [2.75, 3.05) is 6.61 Å². The fraction of sp³-hybridized carbons (Fsp3) is 0.400. The highest BCUT2D eigenvalue weighted by molar-refractivity contribution is 5.96. The number of aliphatic carboxylic acids is 1. The fourth-order valence-corrected chi connectivity index (χ4v) is 5.00. The molecule has 0 aliphatic heterocycles. The number of ether oxygens (including phenoxy) is 3. The molecule has 43 heavy (non-hydrogen) atoms. The Hall–Kier alpha value is -4.33. The Bertz CT molecular complexity index is 1310. The zero-order chi connectivity index (χ0) is 30.4. The highest BCUT2D eigenvalue weighted by Gasteiger charge is 2.22. The lowest BCUT2D eigenvalue weighted by Crippen LogP contribution is -2.42. The Morgan fingerprint density at radius 2 is 1.40 bits per heavy atom. The molecule has 4 rings (SSSR count). The molecule has 1 saturated carbocycles. The van der Waals surface area contributed by atoms with Crippen LogP contribution >= 0.6 is 0 Å². The van der Waals surface area contributed by atoms with Crippen molar-refractivity contribution in [2.45, 2.75) is 83.3 Å². The molecule has 1 unspecified atom stereocenters. The van der Waals surface area contributed by atoms with Gasteiger partial charge in [0.25, 0.3) is 5.91 Å². The minimum atomic E-state index is -1.14. The van der Waals surface area contributed by atoms with E-state index >= 15 is 0 Å². The van der Waals surface area contributed by atoms with Gasteiger partial charge in [-0.25, -0.2) is 9.59 Å². The van der Waals surface area contributed by atoms with Crippen molar-refractivity contribution >= 4 is 17.8 Å². The lowest BCUT2D eigenvalue weighted by atomic mass is 10.1. The number of nitrogens with one attached hydrogen (secondary N) is 1. The fourth-order valence-electron chi connectivity index (χ4n) is 5.00. The minimum absolute atomic E-state index is 0.0677. The van der Waals surface area contributed by atoms with Gasteiger partial charge in [-0.1, -0.05) is 44.7 Å². The molecule has 1 atom stereocenters. The van der Waals surface area contributed by atoms with Gasteiger partial charge >= 0.3 is 11.9 Å². The molecule has 8 nitrogen and oxygen atoms in total. The molecule has 228 valence electrons. The van der Waals surface area contributed by atoms with E-state index in [1.165, 1.54) is 32.1 Å². The van der Waals surface area contributed by atoms with Crippen molar-refractivity contribution < 1.29 is 33.7 Å². The number of carboxylic acid groups (broad SMARTS) is 1. The van der Waals surface area contributed by atoms with Crippen LogP contribution in [0.5, 0.6) is 17.2 Å². The first-order valence-corrected chi connectivity index (χ1v) is 15.3. The van der Waals surface area contributed by atoms with E-state index in [2.05, 4.69) is 12.2 Å². The molecular formula is C35H41NO7. The summed E-state index contributed by atoms with van der Waals surface area (Å²) in [5.74, 6) is -0.385. The molecular weight excluding hydrogens is 546 g/mol. The molecule has 1 fully saturated rings. The van der Waals surface area contributed by atoms with Crippen LogP contribution in [0.4, 0.5) is 0 Å². The van der Waals surface area contributed by atoms with Crippen molar-refractivity contribution in [3.63, 3.8) is 0 Å². The van der Waals surface area contributed by atoms with Crippen molar-refractivity contribution in [2.24, 2.45) is 0 Å². The largest absolute Gasteiger partial charge is 0.494 e. The van der Waals surface area contributed by atoms with Crippen LogP contribution in [0.3, 0.4) is 0 Å². The number of amides is 1.